The normalized spacial score (nSPS) is 22.5. The van der Waals surface area contributed by atoms with Crippen molar-refractivity contribution in [3.05, 3.63) is 0 Å². The number of carbonyl (C=O) groups is 2. The van der Waals surface area contributed by atoms with Gasteiger partial charge in [0.05, 0.1) is 0 Å². The molecular formula is C12H22N2O2. The molecule has 16 heavy (non-hydrogen) atoms. The number of hydrogen-bond acceptors (Lipinski definition) is 2. The molecule has 92 valence electrons. The Morgan fingerprint density at radius 2 is 1.00 bits per heavy atom. The molecule has 0 atom stereocenters. The lowest BCUT2D eigenvalue weighted by Crippen LogP contribution is -2.74. The fraction of sp³-hybridized carbons (Fsp3) is 0.833. The van der Waals surface area contributed by atoms with Crippen LogP contribution in [0.1, 0.15) is 53.4 Å². The van der Waals surface area contributed by atoms with Gasteiger partial charge in [0, 0.05) is 0 Å². The molecule has 0 aromatic carbocycles. The van der Waals surface area contributed by atoms with Gasteiger partial charge in [-0.05, 0) is 25.7 Å². The van der Waals surface area contributed by atoms with Gasteiger partial charge in [0.1, 0.15) is 11.1 Å². The lowest BCUT2D eigenvalue weighted by Gasteiger charge is -2.45. The molecule has 1 fully saturated rings. The maximum atomic E-state index is 12.1. The van der Waals surface area contributed by atoms with E-state index in [2.05, 4.69) is 10.6 Å². The van der Waals surface area contributed by atoms with Gasteiger partial charge in [-0.15, -0.1) is 0 Å². The minimum absolute atomic E-state index is 0.0409. The zero-order valence-corrected chi connectivity index (χ0v) is 10.6. The van der Waals surface area contributed by atoms with E-state index in [1.165, 1.54) is 0 Å². The molecule has 1 aliphatic heterocycles. The standard InChI is InChI=1S/C12H22N2O2/c1-5-11(6-2)9(15)14-12(7-3,8-4)10(16)13-11/h5-8H2,1-4H3,(H,13,16)(H,14,15). The minimum Gasteiger partial charge on any atom is -0.340 e. The summed E-state index contributed by atoms with van der Waals surface area (Å²) < 4.78 is 0. The van der Waals surface area contributed by atoms with E-state index in [1.54, 1.807) is 0 Å². The first-order valence-electron chi connectivity index (χ1n) is 6.15. The van der Waals surface area contributed by atoms with Crippen LogP contribution in [0.2, 0.25) is 0 Å². The molecule has 0 spiro atoms. The summed E-state index contributed by atoms with van der Waals surface area (Å²) in [5.74, 6) is -0.0819. The first-order chi connectivity index (χ1) is 7.50. The van der Waals surface area contributed by atoms with E-state index in [4.69, 9.17) is 0 Å². The van der Waals surface area contributed by atoms with Gasteiger partial charge in [0.2, 0.25) is 11.8 Å². The fourth-order valence-electron chi connectivity index (χ4n) is 2.28. The van der Waals surface area contributed by atoms with Crippen molar-refractivity contribution in [3.63, 3.8) is 0 Å². The molecule has 2 N–H and O–H groups in total. The van der Waals surface area contributed by atoms with E-state index in [0.717, 1.165) is 0 Å². The zero-order chi connectivity index (χ0) is 12.4. The number of nitrogens with one attached hydrogen (secondary N) is 2. The lowest BCUT2D eigenvalue weighted by atomic mass is 9.81. The molecule has 0 saturated carbocycles. The Bertz CT molecular complexity index is 261. The van der Waals surface area contributed by atoms with Crippen molar-refractivity contribution in [3.8, 4) is 0 Å². The fourth-order valence-corrected chi connectivity index (χ4v) is 2.28. The summed E-state index contributed by atoms with van der Waals surface area (Å²) in [6.07, 6.45) is 2.52. The Morgan fingerprint density at radius 3 is 1.19 bits per heavy atom. The molecule has 0 radical (unpaired) electrons. The molecule has 4 heteroatoms. The van der Waals surface area contributed by atoms with Crippen LogP contribution < -0.4 is 10.6 Å². The van der Waals surface area contributed by atoms with Gasteiger partial charge in [0.25, 0.3) is 0 Å². The topological polar surface area (TPSA) is 58.2 Å². The van der Waals surface area contributed by atoms with Gasteiger partial charge < -0.3 is 10.6 Å². The largest absolute Gasteiger partial charge is 0.340 e. The number of hydrogen-bond donors (Lipinski definition) is 2. The monoisotopic (exact) mass is 226 g/mol. The van der Waals surface area contributed by atoms with Crippen molar-refractivity contribution in [2.75, 3.05) is 0 Å². The maximum Gasteiger partial charge on any atom is 0.246 e. The molecule has 0 bridgehead atoms. The molecule has 0 aromatic rings. The van der Waals surface area contributed by atoms with Crippen LogP contribution in [-0.4, -0.2) is 22.9 Å². The van der Waals surface area contributed by atoms with Gasteiger partial charge in [-0.2, -0.15) is 0 Å². The summed E-state index contributed by atoms with van der Waals surface area (Å²) >= 11 is 0. The van der Waals surface area contributed by atoms with Gasteiger partial charge in [-0.25, -0.2) is 0 Å². The van der Waals surface area contributed by atoms with Crippen LogP contribution in [0.4, 0.5) is 0 Å². The van der Waals surface area contributed by atoms with E-state index in [9.17, 15) is 9.59 Å². The third-order valence-corrected chi connectivity index (χ3v) is 3.99. The van der Waals surface area contributed by atoms with Gasteiger partial charge >= 0.3 is 0 Å². The number of piperazine rings is 1. The maximum absolute atomic E-state index is 12.1. The van der Waals surface area contributed by atoms with Crippen LogP contribution in [-0.2, 0) is 9.59 Å². The summed E-state index contributed by atoms with van der Waals surface area (Å²) in [4.78, 5) is 24.3. The van der Waals surface area contributed by atoms with Gasteiger partial charge in [0.15, 0.2) is 0 Å². The van der Waals surface area contributed by atoms with Crippen LogP contribution in [0.3, 0.4) is 0 Å². The molecule has 0 aliphatic carbocycles. The van der Waals surface area contributed by atoms with Crippen LogP contribution in [0.5, 0.6) is 0 Å². The summed E-state index contributed by atoms with van der Waals surface area (Å²) in [6.45, 7) is 7.70. The predicted octanol–water partition coefficient (Wildman–Crippen LogP) is 1.35. The molecule has 1 saturated heterocycles. The van der Waals surface area contributed by atoms with Gasteiger partial charge in [-0.3, -0.25) is 9.59 Å². The van der Waals surface area contributed by atoms with E-state index in [-0.39, 0.29) is 11.8 Å². The highest BCUT2D eigenvalue weighted by Crippen LogP contribution is 2.26. The van der Waals surface area contributed by atoms with Crippen molar-refractivity contribution in [1.82, 2.24) is 10.6 Å². The first-order valence-corrected chi connectivity index (χ1v) is 6.15. The van der Waals surface area contributed by atoms with Crippen LogP contribution in [0.15, 0.2) is 0 Å². The minimum atomic E-state index is -0.703. The second-order valence-electron chi connectivity index (χ2n) is 4.49. The molecule has 1 aliphatic rings. The first kappa shape index (κ1) is 13.0. The molecule has 4 nitrogen and oxygen atoms in total. The second kappa shape index (κ2) is 4.44. The van der Waals surface area contributed by atoms with Crippen LogP contribution in [0, 0.1) is 0 Å². The second-order valence-corrected chi connectivity index (χ2v) is 4.49. The molecule has 1 heterocycles. The van der Waals surface area contributed by atoms with Crippen molar-refractivity contribution in [1.29, 1.82) is 0 Å². The summed E-state index contributed by atoms with van der Waals surface area (Å²) in [5, 5.41) is 5.84. The third kappa shape index (κ3) is 1.70. The lowest BCUT2D eigenvalue weighted by molar-refractivity contribution is -0.147. The predicted molar refractivity (Wildman–Crippen MR) is 62.9 cm³/mol. The summed E-state index contributed by atoms with van der Waals surface area (Å²) in [7, 11) is 0. The quantitative estimate of drug-likeness (QED) is 0.760. The highest BCUT2D eigenvalue weighted by atomic mass is 16.2. The van der Waals surface area contributed by atoms with Crippen LogP contribution in [0.25, 0.3) is 0 Å². The number of carbonyl (C=O) groups excluding carboxylic acids is 2. The number of rotatable bonds is 4. The third-order valence-electron chi connectivity index (χ3n) is 3.99. The average molecular weight is 226 g/mol. The van der Waals surface area contributed by atoms with E-state index < -0.39 is 11.1 Å². The molecule has 0 unspecified atom stereocenters. The Kier molecular flexibility index (Phi) is 3.61. The Morgan fingerprint density at radius 1 is 0.750 bits per heavy atom. The van der Waals surface area contributed by atoms with E-state index >= 15 is 0 Å². The highest BCUT2D eigenvalue weighted by molar-refractivity contribution is 6.02. The highest BCUT2D eigenvalue weighted by Gasteiger charge is 2.50. The van der Waals surface area contributed by atoms with Crippen molar-refractivity contribution in [2.45, 2.75) is 64.5 Å². The average Bonchev–Trinajstić information content (AvgIpc) is 2.31. The molecule has 1 rings (SSSR count). The van der Waals surface area contributed by atoms with Crippen molar-refractivity contribution < 1.29 is 9.59 Å². The SMILES string of the molecule is CCC1(CC)NC(=O)C(CC)(CC)NC1=O. The number of amides is 2. The summed E-state index contributed by atoms with van der Waals surface area (Å²) in [6, 6.07) is 0. The van der Waals surface area contributed by atoms with E-state index in [1.807, 2.05) is 27.7 Å². The smallest absolute Gasteiger partial charge is 0.246 e. The van der Waals surface area contributed by atoms with Gasteiger partial charge in [-0.1, -0.05) is 27.7 Å². The van der Waals surface area contributed by atoms with E-state index in [0.29, 0.717) is 25.7 Å². The molecule has 2 amide bonds. The Balaban J connectivity index is 3.02. The molecule has 0 aromatic heterocycles. The Hall–Kier alpha value is -1.06. The Labute approximate surface area is 97.2 Å². The van der Waals surface area contributed by atoms with Crippen molar-refractivity contribution in [2.24, 2.45) is 0 Å². The summed E-state index contributed by atoms with van der Waals surface area (Å²) in [5.41, 5.74) is -1.41. The van der Waals surface area contributed by atoms with Crippen molar-refractivity contribution >= 4 is 11.8 Å². The van der Waals surface area contributed by atoms with Crippen LogP contribution >= 0.6 is 0 Å². The molecular weight excluding hydrogens is 204 g/mol. The zero-order valence-electron chi connectivity index (χ0n) is 10.6.